The monoisotopic (exact) mass is 465 g/mol. The van der Waals surface area contributed by atoms with Crippen LogP contribution in [0.25, 0.3) is 0 Å². The van der Waals surface area contributed by atoms with Gasteiger partial charge in [-0.15, -0.1) is 0 Å². The highest BCUT2D eigenvalue weighted by Crippen LogP contribution is 2.27. The molecule has 2 aromatic carbocycles. The molecule has 6 heteroatoms. The molecule has 1 saturated carbocycles. The number of carbonyl (C=O) groups excluding carboxylic acids is 1. The van der Waals surface area contributed by atoms with E-state index in [1.54, 1.807) is 6.07 Å². The normalized spacial score (nSPS) is 14.7. The number of hydrogen-bond donors (Lipinski definition) is 4. The first-order valence-corrected chi connectivity index (χ1v) is 12.2. The molecule has 1 fully saturated rings. The van der Waals surface area contributed by atoms with Crippen molar-refractivity contribution in [1.29, 1.82) is 0 Å². The standard InChI is InChI=1S/C28H36FN3O2/c1-20(2)12-14-31-25-17-23(16-24(29)18-25)28(34)32-26(15-22-7-4-3-5-8-22)27(33)19-30-13-6-9-21-10-11-21/h3-5,7-8,16-18,20-21,26-27,30-31,33H,10-15,19H2,1-2H3,(H,32,34). The van der Waals surface area contributed by atoms with Gasteiger partial charge in [-0.3, -0.25) is 4.79 Å². The summed E-state index contributed by atoms with van der Waals surface area (Å²) in [6.45, 7) is 5.74. The summed E-state index contributed by atoms with van der Waals surface area (Å²) < 4.78 is 14.2. The van der Waals surface area contributed by atoms with Crippen LogP contribution in [-0.4, -0.2) is 42.8 Å². The van der Waals surface area contributed by atoms with E-state index in [-0.39, 0.29) is 5.56 Å². The number of aliphatic hydroxyl groups excluding tert-OH is 1. The van der Waals surface area contributed by atoms with Crippen molar-refractivity contribution < 1.29 is 14.3 Å². The SMILES string of the molecule is CC(C)CCNc1cc(F)cc(C(=O)NC(Cc2ccccc2)C(O)CNCC#CC2CC2)c1. The Morgan fingerprint density at radius 2 is 1.94 bits per heavy atom. The molecule has 182 valence electrons. The Bertz CT molecular complexity index is 980. The number of carbonyl (C=O) groups is 1. The van der Waals surface area contributed by atoms with E-state index in [2.05, 4.69) is 41.6 Å². The van der Waals surface area contributed by atoms with E-state index in [4.69, 9.17) is 0 Å². The molecule has 0 heterocycles. The first kappa shape index (κ1) is 25.7. The molecule has 0 radical (unpaired) electrons. The summed E-state index contributed by atoms with van der Waals surface area (Å²) in [5.41, 5.74) is 1.79. The van der Waals surface area contributed by atoms with Gasteiger partial charge in [-0.25, -0.2) is 4.39 Å². The van der Waals surface area contributed by atoms with Gasteiger partial charge in [-0.05, 0) is 55.4 Å². The van der Waals surface area contributed by atoms with Gasteiger partial charge in [0.05, 0.1) is 18.7 Å². The van der Waals surface area contributed by atoms with Crippen molar-refractivity contribution in [2.75, 3.05) is 25.0 Å². The number of halogens is 1. The molecule has 1 aliphatic rings. The third-order valence-electron chi connectivity index (χ3n) is 5.74. The van der Waals surface area contributed by atoms with Crippen LogP contribution in [0.2, 0.25) is 0 Å². The van der Waals surface area contributed by atoms with Crippen LogP contribution in [0.3, 0.4) is 0 Å². The van der Waals surface area contributed by atoms with Crippen molar-refractivity contribution in [1.82, 2.24) is 10.6 Å². The van der Waals surface area contributed by atoms with E-state index >= 15 is 0 Å². The van der Waals surface area contributed by atoms with Crippen LogP contribution in [0.1, 0.15) is 49.0 Å². The van der Waals surface area contributed by atoms with Crippen molar-refractivity contribution >= 4 is 11.6 Å². The van der Waals surface area contributed by atoms with Gasteiger partial charge in [0.2, 0.25) is 0 Å². The van der Waals surface area contributed by atoms with Crippen LogP contribution < -0.4 is 16.0 Å². The maximum absolute atomic E-state index is 14.2. The lowest BCUT2D eigenvalue weighted by atomic mass is 10.0. The number of benzene rings is 2. The number of aliphatic hydroxyl groups is 1. The fourth-order valence-corrected chi connectivity index (χ4v) is 3.58. The maximum atomic E-state index is 14.2. The topological polar surface area (TPSA) is 73.4 Å². The first-order valence-electron chi connectivity index (χ1n) is 12.2. The third kappa shape index (κ3) is 9.17. The minimum atomic E-state index is -0.830. The molecule has 1 amide bonds. The van der Waals surface area contributed by atoms with Crippen molar-refractivity contribution in [3.63, 3.8) is 0 Å². The van der Waals surface area contributed by atoms with Crippen LogP contribution in [-0.2, 0) is 6.42 Å². The Hall–Kier alpha value is -2.88. The largest absolute Gasteiger partial charge is 0.390 e. The van der Waals surface area contributed by atoms with Gasteiger partial charge < -0.3 is 21.1 Å². The highest BCUT2D eigenvalue weighted by atomic mass is 19.1. The zero-order valence-corrected chi connectivity index (χ0v) is 20.1. The molecule has 0 aromatic heterocycles. The van der Waals surface area contributed by atoms with Gasteiger partial charge >= 0.3 is 0 Å². The molecule has 2 unspecified atom stereocenters. The Kier molecular flexibility index (Phi) is 9.93. The lowest BCUT2D eigenvalue weighted by Gasteiger charge is -2.25. The van der Waals surface area contributed by atoms with Crippen molar-refractivity contribution in [3.8, 4) is 11.8 Å². The molecule has 2 aromatic rings. The van der Waals surface area contributed by atoms with Crippen molar-refractivity contribution in [2.24, 2.45) is 11.8 Å². The van der Waals surface area contributed by atoms with Crippen molar-refractivity contribution in [3.05, 3.63) is 65.5 Å². The number of rotatable bonds is 12. The predicted octanol–water partition coefficient (Wildman–Crippen LogP) is 3.99. The summed E-state index contributed by atoms with van der Waals surface area (Å²) in [5.74, 6) is 6.43. The molecule has 0 saturated heterocycles. The number of amides is 1. The summed E-state index contributed by atoms with van der Waals surface area (Å²) in [4.78, 5) is 13.0. The summed E-state index contributed by atoms with van der Waals surface area (Å²) in [6.07, 6.45) is 2.93. The molecule has 1 aliphatic carbocycles. The zero-order valence-electron chi connectivity index (χ0n) is 20.1. The van der Waals surface area contributed by atoms with Gasteiger partial charge in [-0.1, -0.05) is 56.0 Å². The van der Waals surface area contributed by atoms with Gasteiger partial charge in [0.25, 0.3) is 5.91 Å². The average Bonchev–Trinajstić information content (AvgIpc) is 3.63. The molecular formula is C28H36FN3O2. The molecular weight excluding hydrogens is 429 g/mol. The zero-order chi connectivity index (χ0) is 24.3. The summed E-state index contributed by atoms with van der Waals surface area (Å²) >= 11 is 0. The fourth-order valence-electron chi connectivity index (χ4n) is 3.58. The molecule has 0 aliphatic heterocycles. The first-order chi connectivity index (χ1) is 16.4. The van der Waals surface area contributed by atoms with Gasteiger partial charge in [0.15, 0.2) is 0 Å². The molecule has 3 rings (SSSR count). The minimum absolute atomic E-state index is 0.223. The number of hydrogen-bond acceptors (Lipinski definition) is 4. The van der Waals surface area contributed by atoms with Crippen molar-refractivity contribution in [2.45, 2.75) is 51.7 Å². The van der Waals surface area contributed by atoms with E-state index in [0.29, 0.717) is 43.6 Å². The molecule has 34 heavy (non-hydrogen) atoms. The molecule has 0 bridgehead atoms. The second-order valence-corrected chi connectivity index (χ2v) is 9.40. The number of nitrogens with one attached hydrogen (secondary N) is 3. The Morgan fingerprint density at radius 3 is 2.65 bits per heavy atom. The Morgan fingerprint density at radius 1 is 1.18 bits per heavy atom. The van der Waals surface area contributed by atoms with E-state index in [1.807, 2.05) is 30.3 Å². The van der Waals surface area contributed by atoms with Gasteiger partial charge in [0.1, 0.15) is 5.82 Å². The lowest BCUT2D eigenvalue weighted by Crippen LogP contribution is -2.48. The summed E-state index contributed by atoms with van der Waals surface area (Å²) in [7, 11) is 0. The van der Waals surface area contributed by atoms with E-state index in [1.165, 1.54) is 25.0 Å². The van der Waals surface area contributed by atoms with Crippen LogP contribution >= 0.6 is 0 Å². The second kappa shape index (κ2) is 13.1. The van der Waals surface area contributed by atoms with Gasteiger partial charge in [0, 0.05) is 30.3 Å². The van der Waals surface area contributed by atoms with E-state index in [0.717, 1.165) is 12.0 Å². The quantitative estimate of drug-likeness (QED) is 0.283. The Balaban J connectivity index is 1.64. The molecule has 0 spiro atoms. The van der Waals surface area contributed by atoms with E-state index in [9.17, 15) is 14.3 Å². The fraction of sp³-hybridized carbons (Fsp3) is 0.464. The minimum Gasteiger partial charge on any atom is -0.390 e. The number of anilines is 1. The second-order valence-electron chi connectivity index (χ2n) is 9.40. The van der Waals surface area contributed by atoms with E-state index < -0.39 is 23.9 Å². The maximum Gasteiger partial charge on any atom is 0.251 e. The van der Waals surface area contributed by atoms with Crippen LogP contribution in [0, 0.1) is 29.5 Å². The molecule has 2 atom stereocenters. The van der Waals surface area contributed by atoms with Crippen LogP contribution in [0.15, 0.2) is 48.5 Å². The average molecular weight is 466 g/mol. The van der Waals surface area contributed by atoms with Crippen LogP contribution in [0.5, 0.6) is 0 Å². The lowest BCUT2D eigenvalue weighted by molar-refractivity contribution is 0.0832. The summed E-state index contributed by atoms with van der Waals surface area (Å²) in [6, 6.07) is 13.4. The summed E-state index contributed by atoms with van der Waals surface area (Å²) in [5, 5.41) is 20.1. The highest BCUT2D eigenvalue weighted by molar-refractivity contribution is 5.95. The van der Waals surface area contributed by atoms with Crippen LogP contribution in [0.4, 0.5) is 10.1 Å². The molecule has 4 N–H and O–H groups in total. The molecule has 5 nitrogen and oxygen atoms in total. The Labute approximate surface area is 202 Å². The third-order valence-corrected chi connectivity index (χ3v) is 5.74. The highest BCUT2D eigenvalue weighted by Gasteiger charge is 2.23. The van der Waals surface area contributed by atoms with Gasteiger partial charge in [-0.2, -0.15) is 0 Å². The predicted molar refractivity (Wildman–Crippen MR) is 135 cm³/mol. The smallest absolute Gasteiger partial charge is 0.251 e.